The van der Waals surface area contributed by atoms with E-state index in [1.54, 1.807) is 42.7 Å². The van der Waals surface area contributed by atoms with E-state index in [4.69, 9.17) is 0 Å². The van der Waals surface area contributed by atoms with Gasteiger partial charge in [0.05, 0.1) is 10.6 Å². The summed E-state index contributed by atoms with van der Waals surface area (Å²) in [6, 6.07) is 10.4. The molecule has 0 spiro atoms. The highest BCUT2D eigenvalue weighted by Crippen LogP contribution is 2.13. The summed E-state index contributed by atoms with van der Waals surface area (Å²) < 4.78 is 24.7. The summed E-state index contributed by atoms with van der Waals surface area (Å²) in [6.45, 7) is 3.85. The lowest BCUT2D eigenvalue weighted by Crippen LogP contribution is -2.33. The molecule has 0 saturated heterocycles. The van der Waals surface area contributed by atoms with Gasteiger partial charge in [0.25, 0.3) is 0 Å². The Morgan fingerprint density at radius 1 is 1.17 bits per heavy atom. The van der Waals surface area contributed by atoms with Gasteiger partial charge in [0.2, 0.25) is 5.91 Å². The molecule has 0 bridgehead atoms. The van der Waals surface area contributed by atoms with Crippen molar-refractivity contribution in [2.45, 2.75) is 25.3 Å². The smallest absolute Gasteiger partial charge is 0.219 e. The van der Waals surface area contributed by atoms with Crippen molar-refractivity contribution in [2.75, 3.05) is 12.3 Å². The normalized spacial score (nSPS) is 11.2. The standard InChI is InChI=1S/C17H20N2O3S/c1-14-5-7-17(8-6-14)23(21,22)11-10-19(15(2)20)13-16-4-3-9-18-12-16/h3-9,12H,10-11,13H2,1-2H3. The first-order chi connectivity index (χ1) is 10.9. The van der Waals surface area contributed by atoms with Gasteiger partial charge in [-0.1, -0.05) is 23.8 Å². The molecule has 2 rings (SSSR count). The van der Waals surface area contributed by atoms with Gasteiger partial charge >= 0.3 is 0 Å². The van der Waals surface area contributed by atoms with E-state index in [2.05, 4.69) is 4.98 Å². The van der Waals surface area contributed by atoms with Gasteiger partial charge in [-0.05, 0) is 30.7 Å². The summed E-state index contributed by atoms with van der Waals surface area (Å²) in [6.07, 6.45) is 3.33. The van der Waals surface area contributed by atoms with E-state index in [1.807, 2.05) is 13.0 Å². The monoisotopic (exact) mass is 332 g/mol. The molecule has 0 aliphatic rings. The minimum absolute atomic E-state index is 0.101. The fourth-order valence-electron chi connectivity index (χ4n) is 2.15. The average molecular weight is 332 g/mol. The third-order valence-corrected chi connectivity index (χ3v) is 5.26. The highest BCUT2D eigenvalue weighted by atomic mass is 32.2. The number of amides is 1. The fourth-order valence-corrected chi connectivity index (χ4v) is 3.40. The number of pyridine rings is 1. The Labute approximate surface area is 136 Å². The Morgan fingerprint density at radius 3 is 2.43 bits per heavy atom. The number of carbonyl (C=O) groups is 1. The summed E-state index contributed by atoms with van der Waals surface area (Å²) in [5.41, 5.74) is 1.88. The van der Waals surface area contributed by atoms with Crippen LogP contribution >= 0.6 is 0 Å². The van der Waals surface area contributed by atoms with Gasteiger partial charge in [-0.2, -0.15) is 0 Å². The van der Waals surface area contributed by atoms with Crippen LogP contribution in [0.15, 0.2) is 53.7 Å². The summed E-state index contributed by atoms with van der Waals surface area (Å²) in [5.74, 6) is -0.261. The molecule has 1 aromatic carbocycles. The quantitative estimate of drug-likeness (QED) is 0.813. The van der Waals surface area contributed by atoms with E-state index in [9.17, 15) is 13.2 Å². The summed E-state index contributed by atoms with van der Waals surface area (Å²) in [4.78, 5) is 17.6. The van der Waals surface area contributed by atoms with Crippen LogP contribution in [0.4, 0.5) is 0 Å². The second-order valence-electron chi connectivity index (χ2n) is 5.43. The van der Waals surface area contributed by atoms with Crippen molar-refractivity contribution in [1.29, 1.82) is 0 Å². The van der Waals surface area contributed by atoms with Crippen LogP contribution in [0, 0.1) is 6.92 Å². The van der Waals surface area contributed by atoms with Crippen molar-refractivity contribution < 1.29 is 13.2 Å². The zero-order chi connectivity index (χ0) is 16.9. The Kier molecular flexibility index (Phi) is 5.50. The number of aryl methyl sites for hydroxylation is 1. The average Bonchev–Trinajstić information content (AvgIpc) is 2.52. The van der Waals surface area contributed by atoms with Crippen molar-refractivity contribution in [3.8, 4) is 0 Å². The largest absolute Gasteiger partial charge is 0.338 e. The molecule has 0 aliphatic carbocycles. The molecule has 0 saturated carbocycles. The number of nitrogens with zero attached hydrogens (tertiary/aromatic N) is 2. The number of hydrogen-bond acceptors (Lipinski definition) is 4. The Morgan fingerprint density at radius 2 is 1.87 bits per heavy atom. The van der Waals surface area contributed by atoms with Gasteiger partial charge < -0.3 is 4.90 Å². The SMILES string of the molecule is CC(=O)N(CCS(=O)(=O)c1ccc(C)cc1)Cc1cccnc1. The van der Waals surface area contributed by atoms with Crippen molar-refractivity contribution in [3.05, 3.63) is 59.9 Å². The molecular formula is C17H20N2O3S. The summed E-state index contributed by atoms with van der Waals surface area (Å²) in [5, 5.41) is 0. The fraction of sp³-hybridized carbons (Fsp3) is 0.294. The molecule has 0 radical (unpaired) electrons. The Balaban J connectivity index is 2.06. The van der Waals surface area contributed by atoms with Gasteiger partial charge in [-0.15, -0.1) is 0 Å². The molecule has 1 heterocycles. The van der Waals surface area contributed by atoms with E-state index in [0.29, 0.717) is 6.54 Å². The van der Waals surface area contributed by atoms with Crippen molar-refractivity contribution in [2.24, 2.45) is 0 Å². The maximum atomic E-state index is 12.4. The van der Waals surface area contributed by atoms with E-state index in [-0.39, 0.29) is 23.1 Å². The number of carbonyl (C=O) groups excluding carboxylic acids is 1. The predicted octanol–water partition coefficient (Wildman–Crippen LogP) is 2.21. The van der Waals surface area contributed by atoms with E-state index < -0.39 is 9.84 Å². The molecule has 0 aliphatic heterocycles. The Hall–Kier alpha value is -2.21. The van der Waals surface area contributed by atoms with Gasteiger partial charge in [0.15, 0.2) is 9.84 Å². The third kappa shape index (κ3) is 4.89. The summed E-state index contributed by atoms with van der Waals surface area (Å²) >= 11 is 0. The van der Waals surface area contributed by atoms with Crippen LogP contribution in [0.2, 0.25) is 0 Å². The van der Waals surface area contributed by atoms with Crippen LogP contribution in [-0.4, -0.2) is 36.5 Å². The molecule has 6 heteroatoms. The van der Waals surface area contributed by atoms with Crippen LogP contribution in [-0.2, 0) is 21.2 Å². The zero-order valence-corrected chi connectivity index (χ0v) is 14.1. The molecule has 1 aromatic heterocycles. The van der Waals surface area contributed by atoms with Crippen molar-refractivity contribution in [1.82, 2.24) is 9.88 Å². The van der Waals surface area contributed by atoms with Gasteiger partial charge in [0, 0.05) is 32.4 Å². The van der Waals surface area contributed by atoms with E-state index in [0.717, 1.165) is 11.1 Å². The molecule has 0 atom stereocenters. The third-order valence-electron chi connectivity index (χ3n) is 3.55. The van der Waals surface area contributed by atoms with Crippen LogP contribution in [0.3, 0.4) is 0 Å². The van der Waals surface area contributed by atoms with E-state index in [1.165, 1.54) is 11.8 Å². The predicted molar refractivity (Wildman–Crippen MR) is 88.6 cm³/mol. The number of hydrogen-bond donors (Lipinski definition) is 0. The van der Waals surface area contributed by atoms with Crippen molar-refractivity contribution in [3.63, 3.8) is 0 Å². The van der Waals surface area contributed by atoms with Crippen LogP contribution in [0.25, 0.3) is 0 Å². The van der Waals surface area contributed by atoms with Crippen LogP contribution < -0.4 is 0 Å². The topological polar surface area (TPSA) is 67.3 Å². The van der Waals surface area contributed by atoms with Crippen molar-refractivity contribution >= 4 is 15.7 Å². The number of aromatic nitrogens is 1. The maximum Gasteiger partial charge on any atom is 0.219 e. The van der Waals surface area contributed by atoms with E-state index >= 15 is 0 Å². The highest BCUT2D eigenvalue weighted by Gasteiger charge is 2.18. The molecule has 0 N–H and O–H groups in total. The second-order valence-corrected chi connectivity index (χ2v) is 7.54. The molecule has 23 heavy (non-hydrogen) atoms. The molecule has 2 aromatic rings. The molecular weight excluding hydrogens is 312 g/mol. The lowest BCUT2D eigenvalue weighted by atomic mass is 10.2. The first-order valence-electron chi connectivity index (χ1n) is 7.32. The number of sulfone groups is 1. The first kappa shape index (κ1) is 17.1. The molecule has 122 valence electrons. The molecule has 0 unspecified atom stereocenters. The van der Waals surface area contributed by atoms with Gasteiger partial charge in [-0.25, -0.2) is 8.42 Å². The second kappa shape index (κ2) is 7.37. The first-order valence-corrected chi connectivity index (χ1v) is 8.97. The molecule has 1 amide bonds. The van der Waals surface area contributed by atoms with Crippen LogP contribution in [0.5, 0.6) is 0 Å². The minimum atomic E-state index is -3.41. The Bertz CT molecular complexity index is 756. The van der Waals surface area contributed by atoms with Gasteiger partial charge in [0.1, 0.15) is 0 Å². The summed E-state index contributed by atoms with van der Waals surface area (Å²) in [7, 11) is -3.41. The highest BCUT2D eigenvalue weighted by molar-refractivity contribution is 7.91. The van der Waals surface area contributed by atoms with Crippen LogP contribution in [0.1, 0.15) is 18.1 Å². The lowest BCUT2D eigenvalue weighted by Gasteiger charge is -2.21. The number of rotatable bonds is 6. The number of benzene rings is 1. The zero-order valence-electron chi connectivity index (χ0n) is 13.3. The minimum Gasteiger partial charge on any atom is -0.338 e. The van der Waals surface area contributed by atoms with Gasteiger partial charge in [-0.3, -0.25) is 9.78 Å². The molecule has 5 nitrogen and oxygen atoms in total. The lowest BCUT2D eigenvalue weighted by molar-refractivity contribution is -0.129. The molecule has 0 fully saturated rings. The maximum absolute atomic E-state index is 12.4.